The van der Waals surface area contributed by atoms with Crippen LogP contribution in [0.3, 0.4) is 0 Å². The fraction of sp³-hybridized carbons (Fsp3) is 0.455. The zero-order valence-corrected chi connectivity index (χ0v) is 9.36. The standard InChI is InChI=1S/C11H16N4/c1-4-15-9-5-6-13-7-8(9)14-10(15)11(2,3)12/h5-7H,4,12H2,1-3H3. The van der Waals surface area contributed by atoms with Crippen LogP contribution in [0.15, 0.2) is 18.5 Å². The maximum Gasteiger partial charge on any atom is 0.129 e. The molecule has 2 aromatic rings. The van der Waals surface area contributed by atoms with Gasteiger partial charge in [-0.3, -0.25) is 4.98 Å². The Labute approximate surface area is 89.1 Å². The predicted octanol–water partition coefficient (Wildman–Crippen LogP) is 1.65. The van der Waals surface area contributed by atoms with Gasteiger partial charge < -0.3 is 10.3 Å². The minimum Gasteiger partial charge on any atom is -0.327 e. The number of pyridine rings is 1. The van der Waals surface area contributed by atoms with Crippen molar-refractivity contribution in [2.24, 2.45) is 5.73 Å². The highest BCUT2D eigenvalue weighted by atomic mass is 15.1. The second-order valence-corrected chi connectivity index (χ2v) is 4.27. The minimum absolute atomic E-state index is 0.422. The number of fused-ring (bicyclic) bond motifs is 1. The molecular weight excluding hydrogens is 188 g/mol. The smallest absolute Gasteiger partial charge is 0.129 e. The van der Waals surface area contributed by atoms with Crippen molar-refractivity contribution in [3.63, 3.8) is 0 Å². The van der Waals surface area contributed by atoms with Crippen molar-refractivity contribution in [1.82, 2.24) is 14.5 Å². The summed E-state index contributed by atoms with van der Waals surface area (Å²) in [5.74, 6) is 0.910. The third-order valence-corrected chi connectivity index (χ3v) is 2.44. The Hall–Kier alpha value is -1.42. The quantitative estimate of drug-likeness (QED) is 0.809. The maximum absolute atomic E-state index is 6.09. The fourth-order valence-corrected chi connectivity index (χ4v) is 1.79. The highest BCUT2D eigenvalue weighted by Crippen LogP contribution is 2.22. The SMILES string of the molecule is CCn1c(C(C)(C)N)nc2cnccc21. The van der Waals surface area contributed by atoms with Crippen LogP contribution in [0.4, 0.5) is 0 Å². The van der Waals surface area contributed by atoms with Gasteiger partial charge in [-0.25, -0.2) is 4.98 Å². The van der Waals surface area contributed by atoms with Crippen LogP contribution in [-0.2, 0) is 12.1 Å². The number of hydrogen-bond acceptors (Lipinski definition) is 3. The molecule has 0 aliphatic rings. The van der Waals surface area contributed by atoms with E-state index >= 15 is 0 Å². The van der Waals surface area contributed by atoms with Gasteiger partial charge in [-0.2, -0.15) is 0 Å². The highest BCUT2D eigenvalue weighted by Gasteiger charge is 2.22. The van der Waals surface area contributed by atoms with Crippen LogP contribution in [0.25, 0.3) is 11.0 Å². The first-order valence-corrected chi connectivity index (χ1v) is 5.13. The first-order chi connectivity index (χ1) is 7.04. The van der Waals surface area contributed by atoms with Gasteiger partial charge in [0.2, 0.25) is 0 Å². The van der Waals surface area contributed by atoms with Gasteiger partial charge in [0.25, 0.3) is 0 Å². The molecule has 15 heavy (non-hydrogen) atoms. The molecule has 2 heterocycles. The van der Waals surface area contributed by atoms with Crippen LogP contribution in [0, 0.1) is 0 Å². The zero-order valence-electron chi connectivity index (χ0n) is 9.36. The van der Waals surface area contributed by atoms with Crippen LogP contribution in [0.2, 0.25) is 0 Å². The van der Waals surface area contributed by atoms with Gasteiger partial charge in [0.15, 0.2) is 0 Å². The molecule has 0 radical (unpaired) electrons. The van der Waals surface area contributed by atoms with Gasteiger partial charge >= 0.3 is 0 Å². The van der Waals surface area contributed by atoms with Crippen LogP contribution in [-0.4, -0.2) is 14.5 Å². The van der Waals surface area contributed by atoms with Crippen LogP contribution < -0.4 is 5.73 Å². The molecular formula is C11H16N4. The fourth-order valence-electron chi connectivity index (χ4n) is 1.79. The van der Waals surface area contributed by atoms with Crippen LogP contribution in [0.1, 0.15) is 26.6 Å². The largest absolute Gasteiger partial charge is 0.327 e. The predicted molar refractivity (Wildman–Crippen MR) is 60.4 cm³/mol. The molecule has 2 rings (SSSR count). The molecule has 0 aromatic carbocycles. The lowest BCUT2D eigenvalue weighted by molar-refractivity contribution is 0.485. The van der Waals surface area contributed by atoms with E-state index in [0.717, 1.165) is 23.4 Å². The van der Waals surface area contributed by atoms with Crippen LogP contribution >= 0.6 is 0 Å². The molecule has 0 aliphatic heterocycles. The van der Waals surface area contributed by atoms with Crippen molar-refractivity contribution in [1.29, 1.82) is 0 Å². The Morgan fingerprint density at radius 2 is 2.20 bits per heavy atom. The normalized spacial score (nSPS) is 12.3. The monoisotopic (exact) mass is 204 g/mol. The van der Waals surface area contributed by atoms with Crippen molar-refractivity contribution < 1.29 is 0 Å². The molecule has 0 fully saturated rings. The molecule has 0 atom stereocenters. The zero-order chi connectivity index (χ0) is 11.1. The summed E-state index contributed by atoms with van der Waals surface area (Å²) in [6.45, 7) is 6.90. The average Bonchev–Trinajstić information content (AvgIpc) is 2.55. The Kier molecular flexibility index (Phi) is 2.23. The van der Waals surface area contributed by atoms with E-state index < -0.39 is 5.54 Å². The molecule has 0 unspecified atom stereocenters. The summed E-state index contributed by atoms with van der Waals surface area (Å²) >= 11 is 0. The molecule has 4 heteroatoms. The van der Waals surface area contributed by atoms with Gasteiger partial charge in [0, 0.05) is 12.7 Å². The Morgan fingerprint density at radius 3 is 2.80 bits per heavy atom. The highest BCUT2D eigenvalue weighted by molar-refractivity contribution is 5.74. The van der Waals surface area contributed by atoms with Gasteiger partial charge in [-0.1, -0.05) is 0 Å². The van der Waals surface area contributed by atoms with E-state index in [4.69, 9.17) is 5.73 Å². The number of hydrogen-bond donors (Lipinski definition) is 1. The number of nitrogens with two attached hydrogens (primary N) is 1. The van der Waals surface area contributed by atoms with Crippen LogP contribution in [0.5, 0.6) is 0 Å². The number of imidazole rings is 1. The molecule has 0 saturated carbocycles. The van der Waals surface area contributed by atoms with E-state index in [1.807, 2.05) is 19.9 Å². The lowest BCUT2D eigenvalue weighted by Crippen LogP contribution is -2.32. The summed E-state index contributed by atoms with van der Waals surface area (Å²) in [7, 11) is 0. The van der Waals surface area contributed by atoms with E-state index in [1.54, 1.807) is 12.4 Å². The summed E-state index contributed by atoms with van der Waals surface area (Å²) in [4.78, 5) is 8.60. The van der Waals surface area contributed by atoms with Crippen molar-refractivity contribution >= 4 is 11.0 Å². The lowest BCUT2D eigenvalue weighted by Gasteiger charge is -2.19. The maximum atomic E-state index is 6.09. The second-order valence-electron chi connectivity index (χ2n) is 4.27. The van der Waals surface area contributed by atoms with Crippen molar-refractivity contribution in [3.05, 3.63) is 24.3 Å². The van der Waals surface area contributed by atoms with E-state index in [1.165, 1.54) is 0 Å². The van der Waals surface area contributed by atoms with E-state index in [-0.39, 0.29) is 0 Å². The number of rotatable bonds is 2. The molecule has 0 spiro atoms. The summed E-state index contributed by atoms with van der Waals surface area (Å²) < 4.78 is 2.14. The first-order valence-electron chi connectivity index (χ1n) is 5.13. The number of nitrogens with zero attached hydrogens (tertiary/aromatic N) is 3. The van der Waals surface area contributed by atoms with Gasteiger partial charge in [-0.15, -0.1) is 0 Å². The van der Waals surface area contributed by atoms with E-state index in [2.05, 4.69) is 21.5 Å². The van der Waals surface area contributed by atoms with Crippen molar-refractivity contribution in [3.8, 4) is 0 Å². The Bertz CT molecular complexity index is 479. The summed E-state index contributed by atoms with van der Waals surface area (Å²) in [5, 5.41) is 0. The third kappa shape index (κ3) is 1.61. The molecule has 80 valence electrons. The van der Waals surface area contributed by atoms with E-state index in [0.29, 0.717) is 0 Å². The molecule has 4 nitrogen and oxygen atoms in total. The topological polar surface area (TPSA) is 56.7 Å². The summed E-state index contributed by atoms with van der Waals surface area (Å²) in [6.07, 6.45) is 3.56. The van der Waals surface area contributed by atoms with Gasteiger partial charge in [0.05, 0.1) is 17.3 Å². The molecule has 0 saturated heterocycles. The number of aryl methyl sites for hydroxylation is 1. The molecule has 0 bridgehead atoms. The minimum atomic E-state index is -0.422. The summed E-state index contributed by atoms with van der Waals surface area (Å²) in [6, 6.07) is 1.97. The van der Waals surface area contributed by atoms with Gasteiger partial charge in [0.1, 0.15) is 11.3 Å². The third-order valence-electron chi connectivity index (χ3n) is 2.44. The average molecular weight is 204 g/mol. The molecule has 2 aromatic heterocycles. The molecule has 2 N–H and O–H groups in total. The Balaban J connectivity index is 2.75. The van der Waals surface area contributed by atoms with Crippen molar-refractivity contribution in [2.75, 3.05) is 0 Å². The number of aromatic nitrogens is 3. The molecule has 0 amide bonds. The van der Waals surface area contributed by atoms with E-state index in [9.17, 15) is 0 Å². The lowest BCUT2D eigenvalue weighted by atomic mass is 10.1. The van der Waals surface area contributed by atoms with Crippen molar-refractivity contribution in [2.45, 2.75) is 32.9 Å². The summed E-state index contributed by atoms with van der Waals surface area (Å²) in [5.41, 5.74) is 7.68. The van der Waals surface area contributed by atoms with Gasteiger partial charge in [-0.05, 0) is 26.8 Å². The molecule has 0 aliphatic carbocycles. The Morgan fingerprint density at radius 1 is 1.47 bits per heavy atom. The first kappa shape index (κ1) is 10.1. The second kappa shape index (κ2) is 3.31.